The normalized spacial score (nSPS) is 11.5. The maximum absolute atomic E-state index is 13.5. The molecule has 0 aliphatic heterocycles. The first-order valence-corrected chi connectivity index (χ1v) is 12.1. The number of nitrogens with one attached hydrogen (secondary N) is 1. The van der Waals surface area contributed by atoms with Crippen molar-refractivity contribution in [3.05, 3.63) is 99.8 Å². The van der Waals surface area contributed by atoms with Crippen molar-refractivity contribution >= 4 is 35.0 Å². The Morgan fingerprint density at radius 2 is 1.74 bits per heavy atom. The summed E-state index contributed by atoms with van der Waals surface area (Å²) < 4.78 is 18.8. The van der Waals surface area contributed by atoms with Gasteiger partial charge in [-0.05, 0) is 53.9 Å². The van der Waals surface area contributed by atoms with Crippen molar-refractivity contribution in [3.63, 3.8) is 0 Å². The molecule has 0 aliphatic carbocycles. The van der Waals surface area contributed by atoms with E-state index in [0.29, 0.717) is 34.3 Å². The van der Waals surface area contributed by atoms with E-state index in [1.807, 2.05) is 37.3 Å². The number of amides is 2. The molecule has 3 rings (SSSR count). The van der Waals surface area contributed by atoms with Gasteiger partial charge in [0.15, 0.2) is 6.61 Å². The third-order valence-corrected chi connectivity index (χ3v) is 5.94. The van der Waals surface area contributed by atoms with Crippen LogP contribution in [0.2, 0.25) is 10.0 Å². The van der Waals surface area contributed by atoms with Gasteiger partial charge in [0, 0.05) is 29.6 Å². The second kappa shape index (κ2) is 13.1. The molecule has 0 fully saturated rings. The zero-order chi connectivity index (χ0) is 25.2. The molecule has 0 saturated carbocycles. The molecule has 5 nitrogen and oxygen atoms in total. The van der Waals surface area contributed by atoms with E-state index < -0.39 is 17.8 Å². The van der Waals surface area contributed by atoms with E-state index >= 15 is 0 Å². The maximum Gasteiger partial charge on any atom is 0.261 e. The average Bonchev–Trinajstić information content (AvgIpc) is 2.86. The smallest absolute Gasteiger partial charge is 0.261 e. The van der Waals surface area contributed by atoms with Crippen LogP contribution in [-0.4, -0.2) is 35.9 Å². The molecule has 3 aromatic carbocycles. The largest absolute Gasteiger partial charge is 0.484 e. The molecular weight excluding hydrogens is 490 g/mol. The van der Waals surface area contributed by atoms with E-state index in [4.69, 9.17) is 27.9 Å². The number of rotatable bonds is 11. The van der Waals surface area contributed by atoms with Gasteiger partial charge >= 0.3 is 0 Å². The number of ether oxygens (including phenoxy) is 1. The van der Waals surface area contributed by atoms with Gasteiger partial charge in [-0.15, -0.1) is 0 Å². The van der Waals surface area contributed by atoms with Gasteiger partial charge in [-0.25, -0.2) is 4.39 Å². The van der Waals surface area contributed by atoms with Gasteiger partial charge < -0.3 is 15.0 Å². The molecule has 184 valence electrons. The van der Waals surface area contributed by atoms with Gasteiger partial charge in [0.2, 0.25) is 5.91 Å². The quantitative estimate of drug-likeness (QED) is 0.356. The number of hydrogen-bond donors (Lipinski definition) is 1. The first-order valence-electron chi connectivity index (χ1n) is 11.3. The zero-order valence-corrected chi connectivity index (χ0v) is 20.9. The van der Waals surface area contributed by atoms with Crippen LogP contribution in [0, 0.1) is 5.82 Å². The lowest BCUT2D eigenvalue weighted by Crippen LogP contribution is -2.51. The molecule has 0 spiro atoms. The minimum Gasteiger partial charge on any atom is -0.484 e. The molecule has 8 heteroatoms. The first kappa shape index (κ1) is 26.5. The highest BCUT2D eigenvalue weighted by Gasteiger charge is 2.31. The molecule has 1 N–H and O–H groups in total. The molecule has 0 saturated heterocycles. The van der Waals surface area contributed by atoms with E-state index in [9.17, 15) is 14.0 Å². The van der Waals surface area contributed by atoms with E-state index in [1.54, 1.807) is 18.2 Å². The Morgan fingerprint density at radius 1 is 1.03 bits per heavy atom. The van der Waals surface area contributed by atoms with Crippen molar-refractivity contribution in [1.29, 1.82) is 0 Å². The Hall–Kier alpha value is -3.09. The lowest BCUT2D eigenvalue weighted by atomic mass is 10.0. The summed E-state index contributed by atoms with van der Waals surface area (Å²) in [5.41, 5.74) is 1.55. The predicted molar refractivity (Wildman–Crippen MR) is 136 cm³/mol. The van der Waals surface area contributed by atoms with E-state index in [-0.39, 0.29) is 19.1 Å². The van der Waals surface area contributed by atoms with Crippen molar-refractivity contribution in [2.24, 2.45) is 0 Å². The van der Waals surface area contributed by atoms with E-state index in [0.717, 1.165) is 12.0 Å². The first-order chi connectivity index (χ1) is 16.9. The highest BCUT2D eigenvalue weighted by Crippen LogP contribution is 2.24. The molecule has 0 aromatic heterocycles. The molecule has 35 heavy (non-hydrogen) atoms. The highest BCUT2D eigenvalue weighted by atomic mass is 35.5. The topological polar surface area (TPSA) is 58.6 Å². The Balaban J connectivity index is 1.91. The fourth-order valence-corrected chi connectivity index (χ4v) is 3.98. The Morgan fingerprint density at radius 3 is 2.40 bits per heavy atom. The summed E-state index contributed by atoms with van der Waals surface area (Å²) in [6, 6.07) is 19.1. The number of nitrogens with zero attached hydrogens (tertiary/aromatic N) is 1. The van der Waals surface area contributed by atoms with Gasteiger partial charge in [0.1, 0.15) is 17.6 Å². The van der Waals surface area contributed by atoms with Crippen LogP contribution in [0.25, 0.3) is 0 Å². The summed E-state index contributed by atoms with van der Waals surface area (Å²) in [5.74, 6) is -0.735. The average molecular weight is 517 g/mol. The highest BCUT2D eigenvalue weighted by molar-refractivity contribution is 6.35. The van der Waals surface area contributed by atoms with Crippen molar-refractivity contribution in [2.75, 3.05) is 13.2 Å². The third kappa shape index (κ3) is 7.98. The van der Waals surface area contributed by atoms with Crippen molar-refractivity contribution in [2.45, 2.75) is 32.4 Å². The number of carbonyl (C=O) groups excluding carboxylic acids is 2. The summed E-state index contributed by atoms with van der Waals surface area (Å²) in [7, 11) is 0. The monoisotopic (exact) mass is 516 g/mol. The van der Waals surface area contributed by atoms with Crippen LogP contribution < -0.4 is 10.1 Å². The Labute approximate surface area is 214 Å². The Bertz CT molecular complexity index is 1130. The van der Waals surface area contributed by atoms with Crippen LogP contribution in [0.4, 0.5) is 4.39 Å². The second-order valence-electron chi connectivity index (χ2n) is 8.00. The van der Waals surface area contributed by atoms with Gasteiger partial charge in [-0.1, -0.05) is 66.5 Å². The SMILES string of the molecule is CCCNC(=O)[C@@H](Cc1ccccc1)N(Cc1ccc(Cl)cc1Cl)C(=O)COc1ccc(F)cc1. The minimum absolute atomic E-state index is 0.0820. The zero-order valence-electron chi connectivity index (χ0n) is 19.3. The Kier molecular flexibility index (Phi) is 9.94. The summed E-state index contributed by atoms with van der Waals surface area (Å²) in [5, 5.41) is 3.77. The van der Waals surface area contributed by atoms with Crippen molar-refractivity contribution < 1.29 is 18.7 Å². The summed E-state index contributed by atoms with van der Waals surface area (Å²) in [6.07, 6.45) is 1.07. The maximum atomic E-state index is 13.5. The van der Waals surface area contributed by atoms with E-state index in [1.165, 1.54) is 29.2 Å². The molecule has 0 bridgehead atoms. The van der Waals surface area contributed by atoms with Gasteiger partial charge in [0.05, 0.1) is 0 Å². The van der Waals surface area contributed by atoms with E-state index in [2.05, 4.69) is 5.32 Å². The van der Waals surface area contributed by atoms with Crippen LogP contribution >= 0.6 is 23.2 Å². The fraction of sp³-hybridized carbons (Fsp3) is 0.259. The second-order valence-corrected chi connectivity index (χ2v) is 8.84. The number of carbonyl (C=O) groups is 2. The van der Waals surface area contributed by atoms with Gasteiger partial charge in [0.25, 0.3) is 5.91 Å². The van der Waals surface area contributed by atoms with Gasteiger partial charge in [-0.2, -0.15) is 0 Å². The molecule has 2 amide bonds. The lowest BCUT2D eigenvalue weighted by molar-refractivity contribution is -0.142. The minimum atomic E-state index is -0.806. The summed E-state index contributed by atoms with van der Waals surface area (Å²) in [4.78, 5) is 28.2. The molecule has 0 aliphatic rings. The molecule has 3 aromatic rings. The number of hydrogen-bond acceptors (Lipinski definition) is 3. The van der Waals surface area contributed by atoms with Crippen molar-refractivity contribution in [1.82, 2.24) is 10.2 Å². The third-order valence-electron chi connectivity index (χ3n) is 5.35. The number of benzene rings is 3. The number of halogens is 3. The van der Waals surface area contributed by atoms with Crippen molar-refractivity contribution in [3.8, 4) is 5.75 Å². The summed E-state index contributed by atoms with van der Waals surface area (Å²) >= 11 is 12.5. The molecule has 0 heterocycles. The van der Waals surface area contributed by atoms with Crippen LogP contribution in [0.15, 0.2) is 72.8 Å². The van der Waals surface area contributed by atoms with Crippen LogP contribution in [-0.2, 0) is 22.6 Å². The molecule has 1 atom stereocenters. The molecule has 0 radical (unpaired) electrons. The molecular formula is C27H27Cl2FN2O3. The predicted octanol–water partition coefficient (Wildman–Crippen LogP) is 5.68. The van der Waals surface area contributed by atoms with Crippen LogP contribution in [0.1, 0.15) is 24.5 Å². The standard InChI is InChI=1S/C27H27Cl2FN2O3/c1-2-14-31-27(34)25(15-19-6-4-3-5-7-19)32(17-20-8-9-21(28)16-24(20)29)26(33)18-35-23-12-10-22(30)11-13-23/h3-13,16,25H,2,14-15,17-18H2,1H3,(H,31,34)/t25-/m1/s1. The van der Waals surface area contributed by atoms with Crippen LogP contribution in [0.5, 0.6) is 5.75 Å². The fourth-order valence-electron chi connectivity index (χ4n) is 3.51. The van der Waals surface area contributed by atoms with Crippen LogP contribution in [0.3, 0.4) is 0 Å². The summed E-state index contributed by atoms with van der Waals surface area (Å²) in [6.45, 7) is 2.20. The van der Waals surface area contributed by atoms with Gasteiger partial charge in [-0.3, -0.25) is 9.59 Å². The molecule has 0 unspecified atom stereocenters. The lowest BCUT2D eigenvalue weighted by Gasteiger charge is -2.31.